The Kier molecular flexibility index (Phi) is 2.49. The SMILES string of the molecule is CN1C(=O)/C(=C2\SC(=O)NC2=S)c2ccccc21. The first-order valence-electron chi connectivity index (χ1n) is 5.24. The molecular weight excluding hydrogens is 268 g/mol. The Morgan fingerprint density at radius 2 is 2.00 bits per heavy atom. The lowest BCUT2D eigenvalue weighted by atomic mass is 10.1. The minimum Gasteiger partial charge on any atom is -0.311 e. The first kappa shape index (κ1) is 11.4. The molecule has 2 aliphatic rings. The summed E-state index contributed by atoms with van der Waals surface area (Å²) in [4.78, 5) is 26.0. The van der Waals surface area contributed by atoms with E-state index < -0.39 is 0 Å². The minimum atomic E-state index is -0.234. The number of fused-ring (bicyclic) bond motifs is 1. The Morgan fingerprint density at radius 1 is 1.28 bits per heavy atom. The summed E-state index contributed by atoms with van der Waals surface area (Å²) in [5.74, 6) is -0.127. The monoisotopic (exact) mass is 276 g/mol. The number of carbonyl (C=O) groups is 2. The molecule has 0 radical (unpaired) electrons. The van der Waals surface area contributed by atoms with Crippen LogP contribution in [0.3, 0.4) is 0 Å². The lowest BCUT2D eigenvalue weighted by Crippen LogP contribution is -2.22. The van der Waals surface area contributed by atoms with Crippen molar-refractivity contribution in [3.05, 3.63) is 34.7 Å². The first-order chi connectivity index (χ1) is 8.59. The van der Waals surface area contributed by atoms with E-state index in [1.165, 1.54) is 0 Å². The van der Waals surface area contributed by atoms with E-state index in [2.05, 4.69) is 5.32 Å². The van der Waals surface area contributed by atoms with Crippen molar-refractivity contribution in [2.75, 3.05) is 11.9 Å². The summed E-state index contributed by atoms with van der Waals surface area (Å²) < 4.78 is 0. The second kappa shape index (κ2) is 3.93. The molecule has 1 aromatic carbocycles. The quantitative estimate of drug-likeness (QED) is 0.583. The summed E-state index contributed by atoms with van der Waals surface area (Å²) in [6.07, 6.45) is 0. The third-order valence-electron chi connectivity index (χ3n) is 2.90. The van der Waals surface area contributed by atoms with Crippen molar-refractivity contribution in [3.63, 3.8) is 0 Å². The summed E-state index contributed by atoms with van der Waals surface area (Å²) in [6.45, 7) is 0. The Morgan fingerprint density at radius 3 is 2.67 bits per heavy atom. The van der Waals surface area contributed by atoms with Crippen LogP contribution in [0, 0.1) is 0 Å². The zero-order valence-corrected chi connectivity index (χ0v) is 11.0. The zero-order chi connectivity index (χ0) is 12.9. The number of hydrogen-bond acceptors (Lipinski definition) is 4. The maximum Gasteiger partial charge on any atom is 0.289 e. The average Bonchev–Trinajstić information content (AvgIpc) is 2.79. The molecule has 0 atom stereocenters. The van der Waals surface area contributed by atoms with Gasteiger partial charge in [-0.3, -0.25) is 9.59 Å². The van der Waals surface area contributed by atoms with E-state index in [9.17, 15) is 9.59 Å². The van der Waals surface area contributed by atoms with Crippen LogP contribution in [-0.4, -0.2) is 23.2 Å². The van der Waals surface area contributed by atoms with Crippen LogP contribution in [0.25, 0.3) is 5.57 Å². The summed E-state index contributed by atoms with van der Waals surface area (Å²) >= 11 is 6.07. The van der Waals surface area contributed by atoms with Crippen LogP contribution in [0.4, 0.5) is 10.5 Å². The van der Waals surface area contributed by atoms with Crippen LogP contribution >= 0.6 is 24.0 Å². The Labute approximate surface area is 113 Å². The molecule has 0 spiro atoms. The highest BCUT2D eigenvalue weighted by Gasteiger charge is 2.36. The van der Waals surface area contributed by atoms with Crippen LogP contribution in [0.5, 0.6) is 0 Å². The van der Waals surface area contributed by atoms with E-state index in [-0.39, 0.29) is 11.1 Å². The van der Waals surface area contributed by atoms with Gasteiger partial charge in [-0.25, -0.2) is 0 Å². The number of nitrogens with zero attached hydrogens (tertiary/aromatic N) is 1. The number of thiocarbonyl (C=S) groups is 1. The largest absolute Gasteiger partial charge is 0.311 e. The molecule has 0 saturated carbocycles. The van der Waals surface area contributed by atoms with Crippen molar-refractivity contribution in [2.24, 2.45) is 0 Å². The molecule has 2 aliphatic heterocycles. The highest BCUT2D eigenvalue weighted by atomic mass is 32.2. The number of hydrogen-bond donors (Lipinski definition) is 1. The van der Waals surface area contributed by atoms with Gasteiger partial charge in [0.15, 0.2) is 0 Å². The second-order valence-corrected chi connectivity index (χ2v) is 5.32. The van der Waals surface area contributed by atoms with Crippen LogP contribution in [0.1, 0.15) is 5.56 Å². The molecule has 18 heavy (non-hydrogen) atoms. The molecule has 0 aliphatic carbocycles. The molecule has 6 heteroatoms. The minimum absolute atomic E-state index is 0.127. The molecule has 2 amide bonds. The average molecular weight is 276 g/mol. The van der Waals surface area contributed by atoms with Crippen molar-refractivity contribution in [2.45, 2.75) is 0 Å². The van der Waals surface area contributed by atoms with Gasteiger partial charge in [-0.15, -0.1) is 0 Å². The molecule has 1 fully saturated rings. The molecule has 4 nitrogen and oxygen atoms in total. The maximum absolute atomic E-state index is 12.3. The van der Waals surface area contributed by atoms with Gasteiger partial charge in [0, 0.05) is 12.6 Å². The highest BCUT2D eigenvalue weighted by Crippen LogP contribution is 2.41. The fourth-order valence-corrected chi connectivity index (χ4v) is 3.23. The van der Waals surface area contributed by atoms with E-state index >= 15 is 0 Å². The predicted octanol–water partition coefficient (Wildman–Crippen LogP) is 2.16. The number of likely N-dealkylation sites (N-methyl/N-ethyl adjacent to an activating group) is 1. The standard InChI is InChI=1S/C12H8N2O2S2/c1-14-7-5-3-2-4-6(7)8(11(14)15)9-10(17)13-12(16)18-9/h2-5H,1H3,(H,13,16,17)/b9-8-. The molecule has 1 saturated heterocycles. The van der Waals surface area contributed by atoms with Gasteiger partial charge < -0.3 is 10.2 Å². The molecule has 1 N–H and O–H groups in total. The highest BCUT2D eigenvalue weighted by molar-refractivity contribution is 8.19. The third kappa shape index (κ3) is 1.49. The molecule has 3 rings (SSSR count). The summed E-state index contributed by atoms with van der Waals surface area (Å²) in [5.41, 5.74) is 2.18. The van der Waals surface area contributed by atoms with Gasteiger partial charge in [0.1, 0.15) is 4.99 Å². The topological polar surface area (TPSA) is 49.4 Å². The normalized spacial score (nSPS) is 22.5. The fraction of sp³-hybridized carbons (Fsp3) is 0.0833. The van der Waals surface area contributed by atoms with Gasteiger partial charge in [0.25, 0.3) is 11.1 Å². The van der Waals surface area contributed by atoms with Gasteiger partial charge in [-0.1, -0.05) is 30.4 Å². The van der Waals surface area contributed by atoms with E-state index in [4.69, 9.17) is 12.2 Å². The van der Waals surface area contributed by atoms with Gasteiger partial charge >= 0.3 is 0 Å². The zero-order valence-electron chi connectivity index (χ0n) is 9.39. The molecule has 2 heterocycles. The molecule has 0 unspecified atom stereocenters. The van der Waals surface area contributed by atoms with Gasteiger partial charge in [-0.05, 0) is 17.8 Å². The first-order valence-corrected chi connectivity index (χ1v) is 6.47. The van der Waals surface area contributed by atoms with E-state index in [1.54, 1.807) is 11.9 Å². The predicted molar refractivity (Wildman–Crippen MR) is 75.5 cm³/mol. The number of benzene rings is 1. The third-order valence-corrected chi connectivity index (χ3v) is 4.23. The number of anilines is 1. The van der Waals surface area contributed by atoms with Crippen LogP contribution in [0.15, 0.2) is 29.2 Å². The van der Waals surface area contributed by atoms with Crippen molar-refractivity contribution >= 4 is 51.4 Å². The lowest BCUT2D eigenvalue weighted by molar-refractivity contribution is -0.112. The Hall–Kier alpha value is -1.66. The Bertz CT molecular complexity index is 637. The van der Waals surface area contributed by atoms with Crippen LogP contribution < -0.4 is 10.2 Å². The van der Waals surface area contributed by atoms with E-state index in [1.807, 2.05) is 24.3 Å². The maximum atomic E-state index is 12.3. The van der Waals surface area contributed by atoms with Gasteiger partial charge in [-0.2, -0.15) is 0 Å². The fourth-order valence-electron chi connectivity index (χ4n) is 2.07. The number of amides is 2. The molecule has 0 aromatic heterocycles. The van der Waals surface area contributed by atoms with Crippen LogP contribution in [0.2, 0.25) is 0 Å². The molecular formula is C12H8N2O2S2. The van der Waals surface area contributed by atoms with Crippen molar-refractivity contribution < 1.29 is 9.59 Å². The lowest BCUT2D eigenvalue weighted by Gasteiger charge is -2.08. The molecule has 90 valence electrons. The second-order valence-electron chi connectivity index (χ2n) is 3.93. The number of thioether (sulfide) groups is 1. The smallest absolute Gasteiger partial charge is 0.289 e. The number of nitrogens with one attached hydrogen (secondary N) is 1. The van der Waals surface area contributed by atoms with Crippen molar-refractivity contribution in [1.29, 1.82) is 0 Å². The Balaban J connectivity index is 2.25. The molecule has 1 aromatic rings. The summed E-state index contributed by atoms with van der Waals surface area (Å²) in [5, 5.41) is 2.30. The van der Waals surface area contributed by atoms with Gasteiger partial charge in [0.2, 0.25) is 0 Å². The van der Waals surface area contributed by atoms with Crippen molar-refractivity contribution in [1.82, 2.24) is 5.32 Å². The number of para-hydroxylation sites is 1. The van der Waals surface area contributed by atoms with E-state index in [0.29, 0.717) is 15.5 Å². The van der Waals surface area contributed by atoms with Gasteiger partial charge in [0.05, 0.1) is 16.2 Å². The van der Waals surface area contributed by atoms with Crippen LogP contribution in [-0.2, 0) is 4.79 Å². The number of rotatable bonds is 0. The number of carbonyl (C=O) groups excluding carboxylic acids is 2. The van der Waals surface area contributed by atoms with Crippen molar-refractivity contribution in [3.8, 4) is 0 Å². The summed E-state index contributed by atoms with van der Waals surface area (Å²) in [6, 6.07) is 7.48. The summed E-state index contributed by atoms with van der Waals surface area (Å²) in [7, 11) is 1.71. The van der Waals surface area contributed by atoms with E-state index in [0.717, 1.165) is 23.0 Å². The molecule has 0 bridgehead atoms.